The predicted octanol–water partition coefficient (Wildman–Crippen LogP) is 3.03. The summed E-state index contributed by atoms with van der Waals surface area (Å²) in [6.45, 7) is 3.78. The van der Waals surface area contributed by atoms with E-state index in [9.17, 15) is 9.18 Å². The Morgan fingerprint density at radius 1 is 1.55 bits per heavy atom. The van der Waals surface area contributed by atoms with E-state index in [-0.39, 0.29) is 11.7 Å². The first-order chi connectivity index (χ1) is 9.26. The van der Waals surface area contributed by atoms with Crippen LogP contribution < -0.4 is 5.73 Å². The van der Waals surface area contributed by atoms with Gasteiger partial charge < -0.3 is 10.3 Å². The smallest absolute Gasteiger partial charge is 0.224 e. The van der Waals surface area contributed by atoms with Gasteiger partial charge in [-0.2, -0.15) is 0 Å². The molecule has 0 aliphatic heterocycles. The van der Waals surface area contributed by atoms with Gasteiger partial charge in [-0.1, -0.05) is 0 Å². The lowest BCUT2D eigenvalue weighted by atomic mass is 9.92. The molecule has 4 nitrogen and oxygen atoms in total. The van der Waals surface area contributed by atoms with E-state index in [4.69, 9.17) is 17.3 Å². The zero-order valence-corrected chi connectivity index (χ0v) is 14.0. The van der Waals surface area contributed by atoms with Crippen molar-refractivity contribution < 1.29 is 9.18 Å². The molecule has 1 aromatic heterocycles. The van der Waals surface area contributed by atoms with Crippen molar-refractivity contribution in [1.82, 2.24) is 9.55 Å². The highest BCUT2D eigenvalue weighted by Crippen LogP contribution is 2.26. The Balaban J connectivity index is 2.61. The van der Waals surface area contributed by atoms with E-state index in [1.165, 1.54) is 6.07 Å². The number of fused-ring (bicyclic) bond motifs is 1. The Kier molecular flexibility index (Phi) is 4.24. The first-order valence-electron chi connectivity index (χ1n) is 5.96. The van der Waals surface area contributed by atoms with Crippen molar-refractivity contribution in [3.8, 4) is 0 Å². The van der Waals surface area contributed by atoms with E-state index in [1.54, 1.807) is 24.5 Å². The van der Waals surface area contributed by atoms with Crippen LogP contribution in [0.15, 0.2) is 12.1 Å². The Bertz CT molecular complexity index is 684. The Hall–Kier alpha value is -0.890. The van der Waals surface area contributed by atoms with Crippen LogP contribution in [0, 0.1) is 14.8 Å². The molecule has 2 N–H and O–H groups in total. The molecule has 1 aromatic carbocycles. The van der Waals surface area contributed by atoms with Gasteiger partial charge in [0, 0.05) is 12.6 Å². The van der Waals surface area contributed by atoms with Crippen molar-refractivity contribution in [3.63, 3.8) is 0 Å². The summed E-state index contributed by atoms with van der Waals surface area (Å²) < 4.78 is 16.0. The van der Waals surface area contributed by atoms with Gasteiger partial charge in [-0.3, -0.25) is 4.79 Å². The number of benzene rings is 1. The van der Waals surface area contributed by atoms with Gasteiger partial charge in [-0.05, 0) is 42.5 Å². The van der Waals surface area contributed by atoms with Gasteiger partial charge in [-0.25, -0.2) is 9.37 Å². The number of carbonyl (C=O) groups excluding carboxylic acids is 1. The maximum Gasteiger partial charge on any atom is 0.224 e. The molecule has 0 fully saturated rings. The summed E-state index contributed by atoms with van der Waals surface area (Å²) in [6.07, 6.45) is 0. The molecule has 1 heterocycles. The lowest BCUT2D eigenvalue weighted by Gasteiger charge is -2.22. The maximum absolute atomic E-state index is 13.8. The summed E-state index contributed by atoms with van der Waals surface area (Å²) >= 11 is 7.81. The lowest BCUT2D eigenvalue weighted by molar-refractivity contribution is -0.126. The molecule has 108 valence electrons. The molecule has 0 aliphatic rings. The van der Waals surface area contributed by atoms with Gasteiger partial charge in [0.05, 0.1) is 25.9 Å². The molecule has 0 bridgehead atoms. The van der Waals surface area contributed by atoms with Crippen LogP contribution in [0.25, 0.3) is 11.0 Å². The molecule has 0 saturated heterocycles. The maximum atomic E-state index is 13.8. The van der Waals surface area contributed by atoms with E-state index < -0.39 is 11.3 Å². The average Bonchev–Trinajstić information content (AvgIpc) is 2.67. The van der Waals surface area contributed by atoms with Gasteiger partial charge in [0.25, 0.3) is 0 Å². The Morgan fingerprint density at radius 3 is 2.75 bits per heavy atom. The van der Waals surface area contributed by atoms with Crippen molar-refractivity contribution >= 4 is 51.1 Å². The average molecular weight is 410 g/mol. The number of nitrogens with two attached hydrogens (primary N) is 1. The van der Waals surface area contributed by atoms with E-state index in [2.05, 4.69) is 4.98 Å². The van der Waals surface area contributed by atoms with Crippen LogP contribution >= 0.6 is 34.2 Å². The number of hydrogen-bond donors (Lipinski definition) is 1. The van der Waals surface area contributed by atoms with E-state index >= 15 is 0 Å². The third-order valence-corrected chi connectivity index (χ3v) is 4.28. The van der Waals surface area contributed by atoms with Crippen LogP contribution in [0.1, 0.15) is 19.7 Å². The second-order valence-electron chi connectivity index (χ2n) is 5.25. The molecule has 0 radical (unpaired) electrons. The number of carbonyl (C=O) groups is 1. The van der Waals surface area contributed by atoms with Crippen LogP contribution in [0.3, 0.4) is 0 Å². The third kappa shape index (κ3) is 2.76. The quantitative estimate of drug-likeness (QED) is 0.623. The standard InChI is InChI=1S/C13H14ClFIN3O/c1-13(2,12(17)20)6-19-10-3-7(15)8(16)4-9(10)18-11(19)5-14/h3-4H,5-6H2,1-2H3,(H2,17,20). The SMILES string of the molecule is CC(C)(Cn1c(CCl)nc2cc(I)c(F)cc21)C(N)=O. The highest BCUT2D eigenvalue weighted by molar-refractivity contribution is 14.1. The van der Waals surface area contributed by atoms with E-state index in [1.807, 2.05) is 22.6 Å². The van der Waals surface area contributed by atoms with Gasteiger partial charge in [0.15, 0.2) is 0 Å². The lowest BCUT2D eigenvalue weighted by Crippen LogP contribution is -2.35. The highest BCUT2D eigenvalue weighted by Gasteiger charge is 2.27. The minimum Gasteiger partial charge on any atom is -0.369 e. The van der Waals surface area contributed by atoms with Crippen molar-refractivity contribution in [2.45, 2.75) is 26.3 Å². The first-order valence-corrected chi connectivity index (χ1v) is 7.57. The normalized spacial score (nSPS) is 12.1. The zero-order valence-electron chi connectivity index (χ0n) is 11.1. The number of halogens is 3. The molecule has 0 aliphatic carbocycles. The van der Waals surface area contributed by atoms with Crippen molar-refractivity contribution in [1.29, 1.82) is 0 Å². The van der Waals surface area contributed by atoms with E-state index in [0.29, 0.717) is 27.0 Å². The van der Waals surface area contributed by atoms with Crippen LogP contribution in [0.2, 0.25) is 0 Å². The summed E-state index contributed by atoms with van der Waals surface area (Å²) in [5.74, 6) is 0.0299. The number of primary amides is 1. The zero-order chi connectivity index (χ0) is 15.1. The van der Waals surface area contributed by atoms with Gasteiger partial charge in [0.1, 0.15) is 11.6 Å². The summed E-state index contributed by atoms with van der Waals surface area (Å²) in [4.78, 5) is 15.9. The number of rotatable bonds is 4. The molecular formula is C13H14ClFIN3O. The van der Waals surface area contributed by atoms with Crippen LogP contribution in [0.5, 0.6) is 0 Å². The number of amides is 1. The minimum atomic E-state index is -0.770. The predicted molar refractivity (Wildman–Crippen MR) is 84.9 cm³/mol. The molecule has 1 amide bonds. The molecule has 0 saturated carbocycles. The van der Waals surface area contributed by atoms with Crippen molar-refractivity contribution in [3.05, 3.63) is 27.3 Å². The highest BCUT2D eigenvalue weighted by atomic mass is 127. The van der Waals surface area contributed by atoms with Gasteiger partial charge in [0.2, 0.25) is 5.91 Å². The Morgan fingerprint density at radius 2 is 2.20 bits per heavy atom. The molecular weight excluding hydrogens is 396 g/mol. The Labute approximate surface area is 134 Å². The third-order valence-electron chi connectivity index (χ3n) is 3.21. The fourth-order valence-corrected chi connectivity index (χ4v) is 2.58. The fraction of sp³-hybridized carbons (Fsp3) is 0.385. The number of alkyl halides is 1. The summed E-state index contributed by atoms with van der Waals surface area (Å²) in [5.41, 5.74) is 5.90. The molecule has 7 heteroatoms. The minimum absolute atomic E-state index is 0.182. The van der Waals surface area contributed by atoms with Crippen molar-refractivity contribution in [2.24, 2.45) is 11.1 Å². The molecule has 2 rings (SSSR count). The fourth-order valence-electron chi connectivity index (χ4n) is 1.92. The van der Waals surface area contributed by atoms with Crippen molar-refractivity contribution in [2.75, 3.05) is 0 Å². The summed E-state index contributed by atoms with van der Waals surface area (Å²) in [7, 11) is 0. The monoisotopic (exact) mass is 409 g/mol. The second kappa shape index (κ2) is 5.48. The van der Waals surface area contributed by atoms with Gasteiger partial charge >= 0.3 is 0 Å². The molecule has 2 aromatic rings. The molecule has 0 atom stereocenters. The molecule has 20 heavy (non-hydrogen) atoms. The topological polar surface area (TPSA) is 60.9 Å². The first kappa shape index (κ1) is 15.5. The van der Waals surface area contributed by atoms with E-state index in [0.717, 1.165) is 0 Å². The largest absolute Gasteiger partial charge is 0.369 e. The summed E-state index contributed by atoms with van der Waals surface area (Å²) in [5, 5.41) is 0. The second-order valence-corrected chi connectivity index (χ2v) is 6.68. The van der Waals surface area contributed by atoms with Crippen LogP contribution in [-0.2, 0) is 17.2 Å². The van der Waals surface area contributed by atoms with Crippen LogP contribution in [-0.4, -0.2) is 15.5 Å². The molecule has 0 spiro atoms. The van der Waals surface area contributed by atoms with Gasteiger partial charge in [-0.15, -0.1) is 11.6 Å². The number of aromatic nitrogens is 2. The summed E-state index contributed by atoms with van der Waals surface area (Å²) in [6, 6.07) is 3.08. The van der Waals surface area contributed by atoms with Crippen LogP contribution in [0.4, 0.5) is 4.39 Å². The molecule has 0 unspecified atom stereocenters. The number of nitrogens with zero attached hydrogens (tertiary/aromatic N) is 2. The number of imidazole rings is 1. The number of hydrogen-bond acceptors (Lipinski definition) is 2.